The highest BCUT2D eigenvalue weighted by atomic mass is 16.6. The third-order valence-electron chi connectivity index (χ3n) is 5.70. The molecular weight excluding hydrogens is 430 g/mol. The van der Waals surface area contributed by atoms with Crippen molar-refractivity contribution in [2.45, 2.75) is 31.3 Å². The molecule has 0 aliphatic carbocycles. The number of aromatic hydroxyl groups is 2. The topological polar surface area (TPSA) is 128 Å². The summed E-state index contributed by atoms with van der Waals surface area (Å²) >= 11 is 0. The van der Waals surface area contributed by atoms with Crippen LogP contribution in [0.3, 0.4) is 0 Å². The van der Waals surface area contributed by atoms with Crippen molar-refractivity contribution < 1.29 is 39.1 Å². The summed E-state index contributed by atoms with van der Waals surface area (Å²) in [7, 11) is 1.56. The fourth-order valence-electron chi connectivity index (χ4n) is 4.03. The number of benzene rings is 2. The van der Waals surface area contributed by atoms with E-state index in [-0.39, 0.29) is 23.2 Å². The smallest absolute Gasteiger partial charge is 0.202 e. The minimum absolute atomic E-state index is 0.0170. The van der Waals surface area contributed by atoms with Crippen molar-refractivity contribution in [1.82, 2.24) is 4.98 Å². The van der Waals surface area contributed by atoms with Crippen LogP contribution < -0.4 is 18.9 Å². The highest BCUT2D eigenvalue weighted by Gasteiger charge is 2.40. The Morgan fingerprint density at radius 1 is 0.939 bits per heavy atom. The van der Waals surface area contributed by atoms with E-state index in [2.05, 4.69) is 4.98 Å². The number of fused-ring (bicyclic) bond motifs is 2. The number of ether oxygens (including phenoxy) is 4. The molecule has 2 aliphatic heterocycles. The Hall–Kier alpha value is -3.98. The van der Waals surface area contributed by atoms with Gasteiger partial charge in [-0.15, -0.1) is 0 Å². The summed E-state index contributed by atoms with van der Waals surface area (Å²) in [5, 5.41) is 30.4. The van der Waals surface area contributed by atoms with Gasteiger partial charge in [0.05, 0.1) is 19.0 Å². The lowest BCUT2D eigenvalue weighted by atomic mass is 9.92. The minimum Gasteiger partial charge on any atom is -0.508 e. The normalized spacial score (nSPS) is 23.4. The summed E-state index contributed by atoms with van der Waals surface area (Å²) in [5.41, 5.74) is 0.944. The zero-order valence-corrected chi connectivity index (χ0v) is 17.8. The summed E-state index contributed by atoms with van der Waals surface area (Å²) in [6.45, 7) is 1.87. The number of Topliss-reactive ketones (excluding diaryl/α,β-unsaturated/α-hetero) is 1. The highest BCUT2D eigenvalue weighted by molar-refractivity contribution is 6.05. The monoisotopic (exact) mass is 451 g/mol. The molecule has 5 rings (SSSR count). The number of aromatic nitrogens is 1. The number of aliphatic hydroxyl groups excluding tert-OH is 1. The molecule has 1 aromatic heterocycles. The van der Waals surface area contributed by atoms with Crippen molar-refractivity contribution in [3.63, 3.8) is 0 Å². The number of hydrogen-bond acceptors (Lipinski definition) is 9. The SMILES string of the molecule is COc1ccc(C2Oc3cc(C4Oc5cc(O)cc(O)c5C(=O)C4O)ccc3OC2C)nc1. The van der Waals surface area contributed by atoms with E-state index in [4.69, 9.17) is 18.9 Å². The highest BCUT2D eigenvalue weighted by Crippen LogP contribution is 2.45. The molecule has 0 saturated heterocycles. The number of methoxy groups -OCH3 is 1. The summed E-state index contributed by atoms with van der Waals surface area (Å²) in [5.74, 6) is 0.0819. The van der Waals surface area contributed by atoms with Crippen LogP contribution in [0.1, 0.15) is 40.7 Å². The van der Waals surface area contributed by atoms with Crippen LogP contribution in [0.25, 0.3) is 0 Å². The molecule has 3 aromatic rings. The Kier molecular flexibility index (Phi) is 4.98. The number of phenols is 2. The van der Waals surface area contributed by atoms with Gasteiger partial charge in [0, 0.05) is 12.1 Å². The lowest BCUT2D eigenvalue weighted by molar-refractivity contribution is 0.0185. The maximum Gasteiger partial charge on any atom is 0.202 e. The molecule has 33 heavy (non-hydrogen) atoms. The number of pyridine rings is 1. The van der Waals surface area contributed by atoms with Crippen LogP contribution in [0.5, 0.6) is 34.5 Å². The van der Waals surface area contributed by atoms with Crippen LogP contribution in [0, 0.1) is 0 Å². The fraction of sp³-hybridized carbons (Fsp3) is 0.250. The maximum atomic E-state index is 12.7. The van der Waals surface area contributed by atoms with Crippen molar-refractivity contribution in [2.75, 3.05) is 7.11 Å². The van der Waals surface area contributed by atoms with Gasteiger partial charge in [0.25, 0.3) is 0 Å². The number of rotatable bonds is 3. The quantitative estimate of drug-likeness (QED) is 0.550. The van der Waals surface area contributed by atoms with E-state index in [9.17, 15) is 20.1 Å². The summed E-state index contributed by atoms with van der Waals surface area (Å²) in [6.07, 6.45) is -1.85. The van der Waals surface area contributed by atoms with Crippen LogP contribution in [-0.4, -0.2) is 45.4 Å². The second-order valence-corrected chi connectivity index (χ2v) is 7.88. The molecule has 3 heterocycles. The van der Waals surface area contributed by atoms with Gasteiger partial charge in [0.2, 0.25) is 5.78 Å². The number of carbonyl (C=O) groups excluding carboxylic acids is 1. The van der Waals surface area contributed by atoms with Gasteiger partial charge in [0.15, 0.2) is 29.8 Å². The third kappa shape index (κ3) is 3.56. The molecule has 9 heteroatoms. The Morgan fingerprint density at radius 2 is 1.73 bits per heavy atom. The van der Waals surface area contributed by atoms with Gasteiger partial charge in [-0.25, -0.2) is 0 Å². The Balaban J connectivity index is 1.46. The van der Waals surface area contributed by atoms with E-state index >= 15 is 0 Å². The van der Waals surface area contributed by atoms with Crippen LogP contribution >= 0.6 is 0 Å². The molecule has 3 N–H and O–H groups in total. The first-order valence-electron chi connectivity index (χ1n) is 10.3. The zero-order chi connectivity index (χ0) is 23.3. The van der Waals surface area contributed by atoms with Gasteiger partial charge in [-0.3, -0.25) is 9.78 Å². The Labute approximate surface area is 188 Å². The third-order valence-corrected chi connectivity index (χ3v) is 5.70. The van der Waals surface area contributed by atoms with E-state index < -0.39 is 29.8 Å². The molecule has 0 spiro atoms. The summed E-state index contributed by atoms with van der Waals surface area (Å²) in [6, 6.07) is 10.8. The van der Waals surface area contributed by atoms with E-state index in [0.717, 1.165) is 6.07 Å². The molecule has 9 nitrogen and oxygen atoms in total. The predicted octanol–water partition coefficient (Wildman–Crippen LogP) is 3.08. The van der Waals surface area contributed by atoms with Gasteiger partial charge in [-0.05, 0) is 36.8 Å². The van der Waals surface area contributed by atoms with Gasteiger partial charge in [-0.1, -0.05) is 6.07 Å². The largest absolute Gasteiger partial charge is 0.508 e. The molecular formula is C24H21NO8. The van der Waals surface area contributed by atoms with Crippen LogP contribution in [0.4, 0.5) is 0 Å². The Bertz CT molecular complexity index is 1230. The van der Waals surface area contributed by atoms with Gasteiger partial charge >= 0.3 is 0 Å². The van der Waals surface area contributed by atoms with Gasteiger partial charge in [-0.2, -0.15) is 0 Å². The molecule has 0 fully saturated rings. The number of carbonyl (C=O) groups is 1. The molecule has 0 bridgehead atoms. The number of ketones is 1. The lowest BCUT2D eigenvalue weighted by Crippen LogP contribution is -2.36. The van der Waals surface area contributed by atoms with E-state index in [1.165, 1.54) is 6.07 Å². The van der Waals surface area contributed by atoms with Crippen molar-refractivity contribution >= 4 is 5.78 Å². The standard InChI is InChI=1S/C24H21NO8/c1-11-23(15-5-4-14(30-2)10-25-15)32-18-7-12(3-6-17(18)31-11)24-22(29)21(28)20-16(27)8-13(26)9-19(20)33-24/h3-11,22-24,26-27,29H,1-2H3. The van der Waals surface area contributed by atoms with Crippen molar-refractivity contribution in [1.29, 1.82) is 0 Å². The van der Waals surface area contributed by atoms with Crippen molar-refractivity contribution in [2.24, 2.45) is 0 Å². The average Bonchev–Trinajstić information content (AvgIpc) is 2.80. The average molecular weight is 451 g/mol. The molecule has 2 aromatic carbocycles. The first-order chi connectivity index (χ1) is 15.9. The first kappa shape index (κ1) is 20.9. The number of aliphatic hydroxyl groups is 1. The molecule has 4 atom stereocenters. The second-order valence-electron chi connectivity index (χ2n) is 7.88. The lowest BCUT2D eigenvalue weighted by Gasteiger charge is -2.33. The molecule has 2 aliphatic rings. The van der Waals surface area contributed by atoms with E-state index in [1.54, 1.807) is 43.6 Å². The van der Waals surface area contributed by atoms with Crippen LogP contribution in [-0.2, 0) is 0 Å². The van der Waals surface area contributed by atoms with Crippen molar-refractivity contribution in [3.8, 4) is 34.5 Å². The van der Waals surface area contributed by atoms with Crippen LogP contribution in [0.15, 0.2) is 48.7 Å². The molecule has 0 saturated carbocycles. The minimum atomic E-state index is -1.56. The maximum absolute atomic E-state index is 12.7. The molecule has 0 amide bonds. The molecule has 4 unspecified atom stereocenters. The number of phenolic OH excluding ortho intramolecular Hbond substituents is 2. The van der Waals surface area contributed by atoms with Gasteiger partial charge in [0.1, 0.15) is 34.7 Å². The van der Waals surface area contributed by atoms with E-state index in [1.807, 2.05) is 6.92 Å². The summed E-state index contributed by atoms with van der Waals surface area (Å²) in [4.78, 5) is 17.1. The zero-order valence-electron chi connectivity index (χ0n) is 17.8. The molecule has 170 valence electrons. The van der Waals surface area contributed by atoms with Gasteiger partial charge < -0.3 is 34.3 Å². The number of nitrogens with zero attached hydrogens (tertiary/aromatic N) is 1. The summed E-state index contributed by atoms with van der Waals surface area (Å²) < 4.78 is 23.1. The first-order valence-corrected chi connectivity index (χ1v) is 10.3. The number of hydrogen-bond donors (Lipinski definition) is 3. The Morgan fingerprint density at radius 3 is 2.45 bits per heavy atom. The van der Waals surface area contributed by atoms with E-state index in [0.29, 0.717) is 28.5 Å². The fourth-order valence-corrected chi connectivity index (χ4v) is 4.03. The van der Waals surface area contributed by atoms with Crippen molar-refractivity contribution in [3.05, 3.63) is 65.5 Å². The predicted molar refractivity (Wildman–Crippen MR) is 114 cm³/mol. The second kappa shape index (κ2) is 7.86. The molecule has 0 radical (unpaired) electrons. The van der Waals surface area contributed by atoms with Crippen LogP contribution in [0.2, 0.25) is 0 Å².